The van der Waals surface area contributed by atoms with Crippen molar-refractivity contribution in [2.45, 2.75) is 38.6 Å². The van der Waals surface area contributed by atoms with E-state index >= 15 is 0 Å². The number of nitrogens with zero attached hydrogens (tertiary/aromatic N) is 1. The van der Waals surface area contributed by atoms with E-state index in [1.54, 1.807) is 6.92 Å². The molecular formula is C12H21BrN2O. The number of alkyl halides is 1. The van der Waals surface area contributed by atoms with Crippen molar-refractivity contribution in [1.82, 2.24) is 4.90 Å². The van der Waals surface area contributed by atoms with Crippen LogP contribution in [0.15, 0.2) is 0 Å². The number of rotatable bonds is 2. The molecule has 2 N–H and O–H groups in total. The summed E-state index contributed by atoms with van der Waals surface area (Å²) in [7, 11) is 0. The Balaban J connectivity index is 1.95. The molecule has 0 aromatic rings. The van der Waals surface area contributed by atoms with E-state index in [1.807, 2.05) is 4.90 Å². The molecule has 0 radical (unpaired) electrons. The lowest BCUT2D eigenvalue weighted by molar-refractivity contribution is -0.131. The first-order valence-electron chi connectivity index (χ1n) is 6.17. The van der Waals surface area contributed by atoms with Gasteiger partial charge in [-0.25, -0.2) is 0 Å². The maximum Gasteiger partial charge on any atom is 0.239 e. The van der Waals surface area contributed by atoms with Crippen molar-refractivity contribution in [2.75, 3.05) is 18.4 Å². The van der Waals surface area contributed by atoms with Crippen LogP contribution in [0.25, 0.3) is 0 Å². The first kappa shape index (κ1) is 12.4. The monoisotopic (exact) mass is 288 g/mol. The number of carbonyl (C=O) groups is 1. The van der Waals surface area contributed by atoms with Gasteiger partial charge in [0.2, 0.25) is 5.91 Å². The summed E-state index contributed by atoms with van der Waals surface area (Å²) in [6.45, 7) is 3.63. The molecule has 0 aromatic carbocycles. The molecule has 2 fully saturated rings. The van der Waals surface area contributed by atoms with Crippen molar-refractivity contribution >= 4 is 21.8 Å². The molecule has 1 saturated carbocycles. The van der Waals surface area contributed by atoms with Gasteiger partial charge in [0, 0.05) is 18.4 Å². The first-order valence-corrected chi connectivity index (χ1v) is 7.29. The number of hydrogen-bond donors (Lipinski definition) is 1. The Morgan fingerprint density at radius 3 is 2.94 bits per heavy atom. The highest BCUT2D eigenvalue weighted by Gasteiger charge is 2.44. The number of likely N-dealkylation sites (tertiary alicyclic amines) is 1. The van der Waals surface area contributed by atoms with Gasteiger partial charge in [0.05, 0.1) is 6.04 Å². The van der Waals surface area contributed by atoms with Crippen molar-refractivity contribution in [3.8, 4) is 0 Å². The van der Waals surface area contributed by atoms with Gasteiger partial charge in [-0.3, -0.25) is 4.79 Å². The van der Waals surface area contributed by atoms with Gasteiger partial charge in [0.25, 0.3) is 0 Å². The lowest BCUT2D eigenvalue weighted by Gasteiger charge is -2.25. The number of hydrogen-bond acceptors (Lipinski definition) is 2. The standard InChI is InChI=1S/C12H21BrN2O/c1-9(14)11(16)15-5-4-12(8-15)3-2-10(6-12)7-13/h9-10H,2-8,14H2,1H3/t9-,10+,12+/m0/s1. The van der Waals surface area contributed by atoms with E-state index in [1.165, 1.54) is 25.7 Å². The number of nitrogens with two attached hydrogens (primary N) is 1. The van der Waals surface area contributed by atoms with E-state index in [-0.39, 0.29) is 11.9 Å². The molecule has 1 amide bonds. The van der Waals surface area contributed by atoms with E-state index in [0.717, 1.165) is 24.3 Å². The van der Waals surface area contributed by atoms with Crippen LogP contribution in [0.1, 0.15) is 32.6 Å². The number of amides is 1. The molecule has 4 heteroatoms. The van der Waals surface area contributed by atoms with Crippen molar-refractivity contribution in [3.63, 3.8) is 0 Å². The third kappa shape index (κ3) is 2.28. The van der Waals surface area contributed by atoms with Gasteiger partial charge in [-0.05, 0) is 43.9 Å². The molecule has 3 nitrogen and oxygen atoms in total. The van der Waals surface area contributed by atoms with Gasteiger partial charge in [-0.15, -0.1) is 0 Å². The molecule has 0 aromatic heterocycles. The summed E-state index contributed by atoms with van der Waals surface area (Å²) in [5.74, 6) is 0.935. The van der Waals surface area contributed by atoms with Crippen LogP contribution in [0.3, 0.4) is 0 Å². The van der Waals surface area contributed by atoms with Gasteiger partial charge in [-0.1, -0.05) is 15.9 Å². The third-order valence-corrected chi connectivity index (χ3v) is 5.08. The van der Waals surface area contributed by atoms with E-state index < -0.39 is 0 Å². The molecule has 1 aliphatic carbocycles. The largest absolute Gasteiger partial charge is 0.341 e. The molecule has 2 rings (SSSR count). The predicted octanol–water partition coefficient (Wildman–Crippen LogP) is 1.75. The van der Waals surface area contributed by atoms with E-state index in [2.05, 4.69) is 15.9 Å². The van der Waals surface area contributed by atoms with Crippen LogP contribution in [-0.4, -0.2) is 35.3 Å². The SMILES string of the molecule is C[C@H](N)C(=O)N1CC[C@@]2(CC[C@@H](CBr)C2)C1. The molecule has 0 bridgehead atoms. The summed E-state index contributed by atoms with van der Waals surface area (Å²) in [5.41, 5.74) is 6.08. The summed E-state index contributed by atoms with van der Waals surface area (Å²) >= 11 is 3.57. The lowest BCUT2D eigenvalue weighted by Crippen LogP contribution is -2.41. The highest BCUT2D eigenvalue weighted by atomic mass is 79.9. The van der Waals surface area contributed by atoms with E-state index in [0.29, 0.717) is 5.41 Å². The average molecular weight is 289 g/mol. The smallest absolute Gasteiger partial charge is 0.239 e. The molecular weight excluding hydrogens is 268 g/mol. The maximum absolute atomic E-state index is 11.8. The van der Waals surface area contributed by atoms with Crippen molar-refractivity contribution < 1.29 is 4.79 Å². The van der Waals surface area contributed by atoms with Gasteiger partial charge in [-0.2, -0.15) is 0 Å². The zero-order chi connectivity index (χ0) is 11.8. The lowest BCUT2D eigenvalue weighted by atomic mass is 9.85. The second-order valence-corrected chi connectivity index (χ2v) is 6.21. The summed E-state index contributed by atoms with van der Waals surface area (Å²) in [6, 6.07) is -0.344. The van der Waals surface area contributed by atoms with Crippen LogP contribution in [0.4, 0.5) is 0 Å². The number of carbonyl (C=O) groups excluding carboxylic acids is 1. The zero-order valence-electron chi connectivity index (χ0n) is 9.92. The summed E-state index contributed by atoms with van der Waals surface area (Å²) in [6.07, 6.45) is 5.05. The molecule has 1 saturated heterocycles. The minimum absolute atomic E-state index is 0.124. The predicted molar refractivity (Wildman–Crippen MR) is 68.4 cm³/mol. The van der Waals surface area contributed by atoms with E-state index in [4.69, 9.17) is 5.73 Å². The Hall–Kier alpha value is -0.0900. The van der Waals surface area contributed by atoms with Crippen LogP contribution in [0.5, 0.6) is 0 Å². The van der Waals surface area contributed by atoms with Crippen molar-refractivity contribution in [2.24, 2.45) is 17.1 Å². The summed E-state index contributed by atoms with van der Waals surface area (Å²) in [4.78, 5) is 13.8. The summed E-state index contributed by atoms with van der Waals surface area (Å²) in [5, 5.41) is 1.11. The highest BCUT2D eigenvalue weighted by molar-refractivity contribution is 9.09. The average Bonchev–Trinajstić information content (AvgIpc) is 2.85. The maximum atomic E-state index is 11.8. The molecule has 1 spiro atoms. The minimum Gasteiger partial charge on any atom is -0.341 e. The third-order valence-electron chi connectivity index (χ3n) is 4.16. The van der Waals surface area contributed by atoms with Crippen LogP contribution < -0.4 is 5.73 Å². The fraction of sp³-hybridized carbons (Fsp3) is 0.917. The Bertz CT molecular complexity index is 282. The topological polar surface area (TPSA) is 46.3 Å². The first-order chi connectivity index (χ1) is 7.56. The Kier molecular flexibility index (Phi) is 3.59. The van der Waals surface area contributed by atoms with Gasteiger partial charge in [0.1, 0.15) is 0 Å². The number of halogens is 1. The molecule has 1 heterocycles. The molecule has 3 atom stereocenters. The minimum atomic E-state index is -0.344. The van der Waals surface area contributed by atoms with Crippen LogP contribution in [0.2, 0.25) is 0 Å². The molecule has 0 unspecified atom stereocenters. The van der Waals surface area contributed by atoms with Crippen LogP contribution in [-0.2, 0) is 4.79 Å². The normalized spacial score (nSPS) is 35.9. The second kappa shape index (κ2) is 4.65. The van der Waals surface area contributed by atoms with Gasteiger partial charge < -0.3 is 10.6 Å². The molecule has 92 valence electrons. The van der Waals surface area contributed by atoms with Crippen molar-refractivity contribution in [1.29, 1.82) is 0 Å². The molecule has 1 aliphatic heterocycles. The summed E-state index contributed by atoms with van der Waals surface area (Å²) < 4.78 is 0. The second-order valence-electron chi connectivity index (χ2n) is 5.56. The molecule has 2 aliphatic rings. The highest BCUT2D eigenvalue weighted by Crippen LogP contribution is 2.48. The zero-order valence-corrected chi connectivity index (χ0v) is 11.5. The van der Waals surface area contributed by atoms with Gasteiger partial charge >= 0.3 is 0 Å². The Morgan fingerprint density at radius 2 is 2.38 bits per heavy atom. The van der Waals surface area contributed by atoms with E-state index in [9.17, 15) is 4.79 Å². The van der Waals surface area contributed by atoms with Crippen LogP contribution in [0, 0.1) is 11.3 Å². The van der Waals surface area contributed by atoms with Gasteiger partial charge in [0.15, 0.2) is 0 Å². The fourth-order valence-electron chi connectivity index (χ4n) is 3.24. The quantitative estimate of drug-likeness (QED) is 0.787. The Morgan fingerprint density at radius 1 is 1.62 bits per heavy atom. The van der Waals surface area contributed by atoms with Crippen LogP contribution >= 0.6 is 15.9 Å². The van der Waals surface area contributed by atoms with Crippen molar-refractivity contribution in [3.05, 3.63) is 0 Å². The molecule has 16 heavy (non-hydrogen) atoms. The fourth-order valence-corrected chi connectivity index (χ4v) is 3.79. The Labute approximate surface area is 106 Å².